The average molecular weight is 579 g/mol. The fraction of sp³-hybridized carbons (Fsp3) is 0.448. The fourth-order valence-corrected chi connectivity index (χ4v) is 6.42. The molecule has 0 radical (unpaired) electrons. The highest BCUT2D eigenvalue weighted by Gasteiger charge is 2.52. The van der Waals surface area contributed by atoms with Crippen molar-refractivity contribution in [2.24, 2.45) is 0 Å². The van der Waals surface area contributed by atoms with Gasteiger partial charge in [-0.25, -0.2) is 17.4 Å². The van der Waals surface area contributed by atoms with Gasteiger partial charge in [0.25, 0.3) is 10.0 Å². The molecule has 2 saturated heterocycles. The quantitative estimate of drug-likeness (QED) is 0.289. The van der Waals surface area contributed by atoms with Crippen molar-refractivity contribution >= 4 is 33.6 Å². The molecule has 2 aliphatic heterocycles. The van der Waals surface area contributed by atoms with Gasteiger partial charge in [0.15, 0.2) is 11.9 Å². The Bertz CT molecular complexity index is 1630. The summed E-state index contributed by atoms with van der Waals surface area (Å²) in [6, 6.07) is 10.2. The highest BCUT2D eigenvalue weighted by molar-refractivity contribution is 7.90. The van der Waals surface area contributed by atoms with Crippen molar-refractivity contribution in [1.82, 2.24) is 18.7 Å². The normalized spacial score (nSPS) is 20.6. The van der Waals surface area contributed by atoms with Crippen LogP contribution in [0, 0.1) is 0 Å². The predicted octanol–water partition coefficient (Wildman–Crippen LogP) is 3.98. The molecular formula is C29H35BN4O6S. The van der Waals surface area contributed by atoms with Gasteiger partial charge in [0, 0.05) is 47.2 Å². The van der Waals surface area contributed by atoms with E-state index in [1.807, 2.05) is 44.6 Å². The topological polar surface area (TPSA) is 107 Å². The van der Waals surface area contributed by atoms with E-state index in [2.05, 4.69) is 10.1 Å². The van der Waals surface area contributed by atoms with Gasteiger partial charge in [-0.15, -0.1) is 0 Å². The lowest BCUT2D eigenvalue weighted by molar-refractivity contribution is -0.163. The molecule has 2 fully saturated rings. The van der Waals surface area contributed by atoms with Crippen molar-refractivity contribution in [3.8, 4) is 11.1 Å². The molecule has 216 valence electrons. The Kier molecular flexibility index (Phi) is 7.31. The van der Waals surface area contributed by atoms with Crippen LogP contribution in [0.1, 0.15) is 47.0 Å². The molecule has 3 aromatic heterocycles. The van der Waals surface area contributed by atoms with Crippen LogP contribution < -0.4 is 5.46 Å². The second-order valence-corrected chi connectivity index (χ2v) is 13.4. The van der Waals surface area contributed by atoms with Gasteiger partial charge < -0.3 is 18.8 Å². The zero-order chi connectivity index (χ0) is 28.8. The lowest BCUT2D eigenvalue weighted by Gasteiger charge is -2.32. The first-order chi connectivity index (χ1) is 19.5. The van der Waals surface area contributed by atoms with E-state index < -0.39 is 28.3 Å². The van der Waals surface area contributed by atoms with Gasteiger partial charge in [-0.2, -0.15) is 5.10 Å². The van der Waals surface area contributed by atoms with Gasteiger partial charge in [-0.1, -0.05) is 18.2 Å². The number of ether oxygens (including phenoxy) is 2. The Hall–Kier alpha value is -3.03. The second kappa shape index (κ2) is 10.7. The molecule has 12 heteroatoms. The van der Waals surface area contributed by atoms with Crippen LogP contribution in [-0.2, 0) is 35.4 Å². The van der Waals surface area contributed by atoms with Crippen LogP contribution in [0.2, 0.25) is 0 Å². The summed E-state index contributed by atoms with van der Waals surface area (Å²) >= 11 is 0. The fourth-order valence-electron chi connectivity index (χ4n) is 5.06. The number of fused-ring (bicyclic) bond motifs is 1. The van der Waals surface area contributed by atoms with E-state index in [1.165, 1.54) is 3.97 Å². The number of pyridine rings is 1. The average Bonchev–Trinajstić information content (AvgIpc) is 3.63. The second-order valence-electron chi connectivity index (χ2n) is 11.5. The molecule has 5 heterocycles. The largest absolute Gasteiger partial charge is 0.497 e. The Morgan fingerprint density at radius 1 is 1.02 bits per heavy atom. The zero-order valence-corrected chi connectivity index (χ0v) is 24.6. The summed E-state index contributed by atoms with van der Waals surface area (Å²) in [5, 5.41) is 5.13. The molecule has 0 spiro atoms. The van der Waals surface area contributed by atoms with Crippen molar-refractivity contribution in [2.75, 3.05) is 13.2 Å². The minimum Gasteiger partial charge on any atom is -0.399 e. The van der Waals surface area contributed by atoms with Gasteiger partial charge >= 0.3 is 7.12 Å². The van der Waals surface area contributed by atoms with E-state index in [4.69, 9.17) is 18.8 Å². The van der Waals surface area contributed by atoms with Crippen LogP contribution in [0.5, 0.6) is 0 Å². The third kappa shape index (κ3) is 5.35. The van der Waals surface area contributed by atoms with Crippen molar-refractivity contribution in [2.45, 2.75) is 75.9 Å². The number of hydrogen-bond donors (Lipinski definition) is 0. The summed E-state index contributed by atoms with van der Waals surface area (Å²) in [6.07, 6.45) is 9.91. The van der Waals surface area contributed by atoms with Crippen LogP contribution in [0.15, 0.2) is 66.1 Å². The van der Waals surface area contributed by atoms with Crippen LogP contribution >= 0.6 is 0 Å². The Labute approximate surface area is 240 Å². The van der Waals surface area contributed by atoms with Crippen LogP contribution in [0.4, 0.5) is 0 Å². The molecule has 2 aliphatic rings. The summed E-state index contributed by atoms with van der Waals surface area (Å²) in [7, 11) is -4.69. The lowest BCUT2D eigenvalue weighted by atomic mass is 9.79. The summed E-state index contributed by atoms with van der Waals surface area (Å²) in [6.45, 7) is 9.69. The summed E-state index contributed by atoms with van der Waals surface area (Å²) in [5.41, 5.74) is 1.36. The molecule has 0 amide bonds. The third-order valence-electron chi connectivity index (χ3n) is 8.18. The van der Waals surface area contributed by atoms with Crippen LogP contribution in [-0.4, -0.2) is 65.0 Å². The van der Waals surface area contributed by atoms with Crippen LogP contribution in [0.3, 0.4) is 0 Å². The summed E-state index contributed by atoms with van der Waals surface area (Å²) in [5.74, 6) is 0. The number of nitrogens with zero attached hydrogens (tertiary/aromatic N) is 4. The smallest absolute Gasteiger partial charge is 0.399 e. The van der Waals surface area contributed by atoms with Gasteiger partial charge in [0.1, 0.15) is 0 Å². The van der Waals surface area contributed by atoms with E-state index in [-0.39, 0.29) is 11.2 Å². The van der Waals surface area contributed by atoms with E-state index in [1.54, 1.807) is 48.9 Å². The Morgan fingerprint density at radius 3 is 2.49 bits per heavy atom. The van der Waals surface area contributed by atoms with Crippen LogP contribution in [0.25, 0.3) is 22.2 Å². The first kappa shape index (κ1) is 28.1. The van der Waals surface area contributed by atoms with Crippen molar-refractivity contribution in [1.29, 1.82) is 0 Å². The summed E-state index contributed by atoms with van der Waals surface area (Å²) < 4.78 is 54.6. The molecule has 41 heavy (non-hydrogen) atoms. The van der Waals surface area contributed by atoms with E-state index >= 15 is 0 Å². The number of aromatic nitrogens is 4. The number of hydrogen-bond acceptors (Lipinski definition) is 8. The maximum absolute atomic E-state index is 13.7. The highest BCUT2D eigenvalue weighted by Crippen LogP contribution is 2.37. The van der Waals surface area contributed by atoms with E-state index in [0.29, 0.717) is 29.6 Å². The van der Waals surface area contributed by atoms with E-state index in [9.17, 15) is 8.42 Å². The standard InChI is InChI=1S/C29H35BN4O6S/c1-28(2)29(3,4)40-30(39-28)25-20-34(41(35,36)23-10-6-5-7-11-23)27-24(25)16-21(17-31-27)22-18-32-33(19-22)13-15-38-26-12-8-9-14-37-26/h5-7,10-11,16-20,26H,8-9,12-15H2,1-4H3. The molecule has 1 unspecified atom stereocenters. The summed E-state index contributed by atoms with van der Waals surface area (Å²) in [4.78, 5) is 4.81. The first-order valence-corrected chi connectivity index (χ1v) is 15.4. The number of benzene rings is 1. The Balaban J connectivity index is 1.34. The Morgan fingerprint density at radius 2 is 1.78 bits per heavy atom. The molecular weight excluding hydrogens is 543 g/mol. The third-order valence-corrected chi connectivity index (χ3v) is 9.84. The minimum atomic E-state index is -3.92. The monoisotopic (exact) mass is 578 g/mol. The molecule has 1 aromatic carbocycles. The zero-order valence-electron chi connectivity index (χ0n) is 23.8. The molecule has 0 aliphatic carbocycles. The molecule has 0 saturated carbocycles. The van der Waals surface area contributed by atoms with Gasteiger partial charge in [-0.3, -0.25) is 4.68 Å². The van der Waals surface area contributed by atoms with Gasteiger partial charge in [0.05, 0.1) is 35.4 Å². The molecule has 4 aromatic rings. The molecule has 6 rings (SSSR count). The SMILES string of the molecule is CC1(C)OB(c2cn(S(=O)(=O)c3ccccc3)c3ncc(-c4cnn(CCOC5CCCCO5)c4)cc23)OC1(C)C. The molecule has 1 atom stereocenters. The van der Waals surface area contributed by atoms with E-state index in [0.717, 1.165) is 37.0 Å². The maximum atomic E-state index is 13.7. The lowest BCUT2D eigenvalue weighted by Crippen LogP contribution is -2.41. The predicted molar refractivity (Wildman–Crippen MR) is 155 cm³/mol. The van der Waals surface area contributed by atoms with Crippen molar-refractivity contribution in [3.05, 3.63) is 61.2 Å². The van der Waals surface area contributed by atoms with Crippen molar-refractivity contribution in [3.63, 3.8) is 0 Å². The maximum Gasteiger partial charge on any atom is 0.497 e. The molecule has 0 bridgehead atoms. The first-order valence-electron chi connectivity index (χ1n) is 14.0. The molecule has 0 N–H and O–H groups in total. The van der Waals surface area contributed by atoms with Gasteiger partial charge in [0.2, 0.25) is 0 Å². The van der Waals surface area contributed by atoms with Gasteiger partial charge in [-0.05, 0) is 65.2 Å². The number of rotatable bonds is 8. The highest BCUT2D eigenvalue weighted by atomic mass is 32.2. The minimum absolute atomic E-state index is 0.144. The molecule has 10 nitrogen and oxygen atoms in total. The van der Waals surface area contributed by atoms with Crippen molar-refractivity contribution < 1.29 is 27.2 Å².